The average Bonchev–Trinajstić information content (AvgIpc) is 3.15. The van der Waals surface area contributed by atoms with Crippen LogP contribution in [0.15, 0.2) is 71.6 Å². The number of amides is 2. The molecular formula is C27H23ClN2O6S. The van der Waals surface area contributed by atoms with Gasteiger partial charge in [-0.25, -0.2) is 0 Å². The van der Waals surface area contributed by atoms with Crippen LogP contribution in [-0.2, 0) is 17.8 Å². The second kappa shape index (κ2) is 11.9. The Balaban J connectivity index is 1.45. The van der Waals surface area contributed by atoms with Crippen LogP contribution in [0.5, 0.6) is 11.5 Å². The van der Waals surface area contributed by atoms with Crippen molar-refractivity contribution in [3.63, 3.8) is 0 Å². The summed E-state index contributed by atoms with van der Waals surface area (Å²) < 4.78 is 11.2. The zero-order valence-corrected chi connectivity index (χ0v) is 21.5. The van der Waals surface area contributed by atoms with E-state index in [1.807, 2.05) is 30.3 Å². The van der Waals surface area contributed by atoms with Crippen molar-refractivity contribution in [2.45, 2.75) is 19.4 Å². The van der Waals surface area contributed by atoms with Crippen LogP contribution in [0, 0.1) is 10.1 Å². The van der Waals surface area contributed by atoms with Gasteiger partial charge in [-0.1, -0.05) is 54.1 Å². The van der Waals surface area contributed by atoms with Gasteiger partial charge in [0.15, 0.2) is 11.5 Å². The maximum atomic E-state index is 12.9. The average molecular weight is 539 g/mol. The lowest BCUT2D eigenvalue weighted by Crippen LogP contribution is -2.29. The Morgan fingerprint density at radius 1 is 1.05 bits per heavy atom. The van der Waals surface area contributed by atoms with E-state index in [4.69, 9.17) is 21.1 Å². The van der Waals surface area contributed by atoms with Crippen LogP contribution in [0.2, 0.25) is 5.02 Å². The van der Waals surface area contributed by atoms with Gasteiger partial charge in [-0.15, -0.1) is 0 Å². The Hall–Kier alpha value is -3.82. The molecule has 0 unspecified atom stereocenters. The predicted octanol–water partition coefficient (Wildman–Crippen LogP) is 6.50. The number of hydrogen-bond acceptors (Lipinski definition) is 7. The number of imide groups is 1. The molecule has 8 nitrogen and oxygen atoms in total. The fraction of sp³-hybridized carbons (Fsp3) is 0.185. The van der Waals surface area contributed by atoms with Gasteiger partial charge in [0, 0.05) is 18.7 Å². The zero-order chi connectivity index (χ0) is 26.4. The van der Waals surface area contributed by atoms with Crippen LogP contribution in [0.3, 0.4) is 0 Å². The van der Waals surface area contributed by atoms with E-state index in [-0.39, 0.29) is 34.2 Å². The minimum atomic E-state index is -0.475. The van der Waals surface area contributed by atoms with E-state index >= 15 is 0 Å². The molecule has 190 valence electrons. The maximum Gasteiger partial charge on any atom is 0.293 e. The molecule has 0 saturated carbocycles. The number of carbonyl (C=O) groups excluding carboxylic acids is 2. The molecule has 4 rings (SSSR count). The number of aryl methyl sites for hydroxylation is 1. The number of halogens is 1. The molecule has 10 heteroatoms. The number of nitrogens with zero attached hydrogens (tertiary/aromatic N) is 2. The van der Waals surface area contributed by atoms with E-state index in [9.17, 15) is 19.7 Å². The Kier molecular flexibility index (Phi) is 8.47. The summed E-state index contributed by atoms with van der Waals surface area (Å²) in [6, 6.07) is 19.3. The molecule has 0 aliphatic carbocycles. The van der Waals surface area contributed by atoms with E-state index in [0.717, 1.165) is 23.7 Å². The Morgan fingerprint density at radius 3 is 2.54 bits per heavy atom. The van der Waals surface area contributed by atoms with Crippen LogP contribution in [0.25, 0.3) is 6.08 Å². The lowest BCUT2D eigenvalue weighted by Gasteiger charge is -2.14. The van der Waals surface area contributed by atoms with Crippen LogP contribution >= 0.6 is 23.4 Å². The number of nitro groups is 1. The molecule has 37 heavy (non-hydrogen) atoms. The molecule has 0 aromatic heterocycles. The van der Waals surface area contributed by atoms with Crippen LogP contribution in [0.4, 0.5) is 10.5 Å². The molecule has 3 aromatic rings. The topological polar surface area (TPSA) is 99.0 Å². The fourth-order valence-corrected chi connectivity index (χ4v) is 4.95. The van der Waals surface area contributed by atoms with Gasteiger partial charge < -0.3 is 9.47 Å². The van der Waals surface area contributed by atoms with Crippen molar-refractivity contribution >= 4 is 46.3 Å². The van der Waals surface area contributed by atoms with Crippen LogP contribution in [0.1, 0.15) is 23.1 Å². The summed E-state index contributed by atoms with van der Waals surface area (Å²) >= 11 is 7.34. The van der Waals surface area contributed by atoms with Crippen molar-refractivity contribution in [3.8, 4) is 11.5 Å². The molecule has 0 radical (unpaired) electrons. The zero-order valence-electron chi connectivity index (χ0n) is 19.9. The molecule has 0 spiro atoms. The number of hydrogen-bond donors (Lipinski definition) is 0. The molecule has 1 heterocycles. The predicted molar refractivity (Wildman–Crippen MR) is 143 cm³/mol. The van der Waals surface area contributed by atoms with E-state index < -0.39 is 4.92 Å². The highest BCUT2D eigenvalue weighted by Gasteiger charge is 2.34. The number of non-ortho nitro benzene ring substituents is 1. The second-order valence-electron chi connectivity index (χ2n) is 8.17. The molecule has 2 amide bonds. The second-order valence-corrected chi connectivity index (χ2v) is 9.57. The van der Waals surface area contributed by atoms with E-state index in [1.54, 1.807) is 30.3 Å². The van der Waals surface area contributed by atoms with Crippen molar-refractivity contribution in [2.24, 2.45) is 0 Å². The van der Waals surface area contributed by atoms with Crippen LogP contribution < -0.4 is 9.47 Å². The van der Waals surface area contributed by atoms with Gasteiger partial charge in [0.25, 0.3) is 16.8 Å². The normalized spacial score (nSPS) is 14.3. The van der Waals surface area contributed by atoms with E-state index in [1.165, 1.54) is 24.1 Å². The number of ether oxygens (including phenoxy) is 2. The van der Waals surface area contributed by atoms with Crippen molar-refractivity contribution in [2.75, 3.05) is 13.7 Å². The third-order valence-electron chi connectivity index (χ3n) is 5.62. The number of rotatable bonds is 10. The van der Waals surface area contributed by atoms with Gasteiger partial charge in [0.05, 0.1) is 22.0 Å². The molecule has 0 atom stereocenters. The summed E-state index contributed by atoms with van der Waals surface area (Å²) in [4.78, 5) is 37.4. The maximum absolute atomic E-state index is 12.9. The molecular weight excluding hydrogens is 516 g/mol. The Morgan fingerprint density at radius 2 is 1.81 bits per heavy atom. The van der Waals surface area contributed by atoms with Gasteiger partial charge in [-0.05, 0) is 59.5 Å². The minimum absolute atomic E-state index is 0.0384. The van der Waals surface area contributed by atoms with Gasteiger partial charge in [-0.3, -0.25) is 24.6 Å². The quantitative estimate of drug-likeness (QED) is 0.165. The third-order valence-corrected chi connectivity index (χ3v) is 6.81. The monoisotopic (exact) mass is 538 g/mol. The van der Waals surface area contributed by atoms with Crippen molar-refractivity contribution in [3.05, 3.63) is 103 Å². The molecule has 0 N–H and O–H groups in total. The summed E-state index contributed by atoms with van der Waals surface area (Å²) in [7, 11) is 1.45. The first kappa shape index (κ1) is 26.2. The Labute approximate surface area is 223 Å². The fourth-order valence-electron chi connectivity index (χ4n) is 3.81. The minimum Gasteiger partial charge on any atom is -0.493 e. The van der Waals surface area contributed by atoms with Gasteiger partial charge in [0.2, 0.25) is 0 Å². The highest BCUT2D eigenvalue weighted by Crippen LogP contribution is 2.39. The summed E-state index contributed by atoms with van der Waals surface area (Å²) in [6.07, 6.45) is 3.04. The standard InChI is InChI=1S/C27H23ClN2O6S/c1-35-23-15-20(14-22(28)25(23)36-17-19-9-5-11-21(13-19)30(33)34)16-24-26(31)29(27(32)37-24)12-6-10-18-7-3-2-4-8-18/h2-5,7-9,11,13-16H,6,10,12,17H2,1H3/b24-16+. The summed E-state index contributed by atoms with van der Waals surface area (Å²) in [5.41, 5.74) is 2.28. The first-order valence-corrected chi connectivity index (χ1v) is 12.6. The number of nitro benzene ring substituents is 1. The van der Waals surface area contributed by atoms with Crippen molar-refractivity contribution in [1.82, 2.24) is 4.90 Å². The number of benzene rings is 3. The molecule has 1 aliphatic heterocycles. The van der Waals surface area contributed by atoms with E-state index in [0.29, 0.717) is 34.7 Å². The first-order chi connectivity index (χ1) is 17.9. The number of carbonyl (C=O) groups is 2. The first-order valence-electron chi connectivity index (χ1n) is 11.4. The van der Waals surface area contributed by atoms with Gasteiger partial charge in [-0.2, -0.15) is 0 Å². The van der Waals surface area contributed by atoms with Crippen LogP contribution in [-0.4, -0.2) is 34.6 Å². The summed E-state index contributed by atoms with van der Waals surface area (Å²) in [5.74, 6) is 0.247. The molecule has 3 aromatic carbocycles. The SMILES string of the molecule is COc1cc(/C=C2/SC(=O)N(CCCc3ccccc3)C2=O)cc(Cl)c1OCc1cccc([N+](=O)[O-])c1. The van der Waals surface area contributed by atoms with E-state index in [2.05, 4.69) is 0 Å². The lowest BCUT2D eigenvalue weighted by atomic mass is 10.1. The summed E-state index contributed by atoms with van der Waals surface area (Å²) in [6.45, 7) is 0.379. The molecule has 1 saturated heterocycles. The Bertz CT molecular complexity index is 1360. The highest BCUT2D eigenvalue weighted by atomic mass is 35.5. The number of thioether (sulfide) groups is 1. The highest BCUT2D eigenvalue weighted by molar-refractivity contribution is 8.18. The summed E-state index contributed by atoms with van der Waals surface area (Å²) in [5, 5.41) is 10.9. The molecule has 1 fully saturated rings. The van der Waals surface area contributed by atoms with Crippen molar-refractivity contribution < 1.29 is 24.0 Å². The lowest BCUT2D eigenvalue weighted by molar-refractivity contribution is -0.384. The van der Waals surface area contributed by atoms with Gasteiger partial charge >= 0.3 is 0 Å². The molecule has 0 bridgehead atoms. The largest absolute Gasteiger partial charge is 0.493 e. The third kappa shape index (κ3) is 6.49. The smallest absolute Gasteiger partial charge is 0.293 e. The van der Waals surface area contributed by atoms with Gasteiger partial charge in [0.1, 0.15) is 6.61 Å². The number of methoxy groups -OCH3 is 1. The van der Waals surface area contributed by atoms with Crippen molar-refractivity contribution in [1.29, 1.82) is 0 Å². The molecule has 1 aliphatic rings.